The molecule has 7 nitrogen and oxygen atoms in total. The lowest BCUT2D eigenvalue weighted by atomic mass is 10.1. The van der Waals surface area contributed by atoms with Crippen LogP contribution in [0.5, 0.6) is 11.5 Å². The molecule has 2 aromatic rings. The largest absolute Gasteiger partial charge is 0.504 e. The van der Waals surface area contributed by atoms with E-state index in [0.717, 1.165) is 12.3 Å². The van der Waals surface area contributed by atoms with E-state index in [0.29, 0.717) is 12.1 Å². The fourth-order valence-electron chi connectivity index (χ4n) is 1.93. The molecule has 0 radical (unpaired) electrons. The molecule has 10 heteroatoms. The summed E-state index contributed by atoms with van der Waals surface area (Å²) in [4.78, 5) is 10.0. The average Bonchev–Trinajstić information content (AvgIpc) is 2.55. The zero-order valence-electron chi connectivity index (χ0n) is 12.7. The van der Waals surface area contributed by atoms with Gasteiger partial charge in [0.05, 0.1) is 23.8 Å². The number of benzene rings is 2. The molecule has 0 spiro atoms. The number of nitrogens with zero attached hydrogens (tertiary/aromatic N) is 2. The first-order valence-corrected chi connectivity index (χ1v) is 6.74. The van der Waals surface area contributed by atoms with E-state index in [1.807, 2.05) is 0 Å². The van der Waals surface area contributed by atoms with Crippen LogP contribution in [0.2, 0.25) is 0 Å². The van der Waals surface area contributed by atoms with E-state index >= 15 is 0 Å². The Kier molecular flexibility index (Phi) is 5.11. The summed E-state index contributed by atoms with van der Waals surface area (Å²) < 4.78 is 42.8. The molecule has 0 amide bonds. The molecule has 0 bridgehead atoms. The maximum Gasteiger partial charge on any atom is 0.416 e. The Balaban J connectivity index is 2.27. The fourth-order valence-corrected chi connectivity index (χ4v) is 1.93. The van der Waals surface area contributed by atoms with Crippen LogP contribution in [0, 0.1) is 10.1 Å². The molecule has 0 aliphatic rings. The van der Waals surface area contributed by atoms with Crippen molar-refractivity contribution in [3.05, 3.63) is 57.6 Å². The molecule has 2 aromatic carbocycles. The zero-order valence-corrected chi connectivity index (χ0v) is 12.7. The average molecular weight is 355 g/mol. The molecular formula is C15H12F3N3O4. The highest BCUT2D eigenvalue weighted by Crippen LogP contribution is 2.35. The number of nitro groups is 1. The van der Waals surface area contributed by atoms with Gasteiger partial charge in [0.1, 0.15) is 5.69 Å². The summed E-state index contributed by atoms with van der Waals surface area (Å²) in [6.45, 7) is 0. The Morgan fingerprint density at radius 1 is 1.32 bits per heavy atom. The third-order valence-electron chi connectivity index (χ3n) is 3.16. The summed E-state index contributed by atoms with van der Waals surface area (Å²) in [6.07, 6.45) is -3.54. The van der Waals surface area contributed by atoms with Crippen molar-refractivity contribution in [1.29, 1.82) is 0 Å². The number of hydrazone groups is 1. The Morgan fingerprint density at radius 2 is 2.04 bits per heavy atom. The summed E-state index contributed by atoms with van der Waals surface area (Å²) in [5, 5.41) is 24.5. The number of nitro benzene ring substituents is 1. The van der Waals surface area contributed by atoms with Gasteiger partial charge in [0.15, 0.2) is 11.5 Å². The van der Waals surface area contributed by atoms with Gasteiger partial charge in [0.25, 0.3) is 5.69 Å². The van der Waals surface area contributed by atoms with Crippen LogP contribution in [-0.2, 0) is 6.18 Å². The highest BCUT2D eigenvalue weighted by atomic mass is 19.4. The maximum atomic E-state index is 12.6. The second-order valence-corrected chi connectivity index (χ2v) is 4.75. The van der Waals surface area contributed by atoms with Crippen LogP contribution in [-0.4, -0.2) is 23.4 Å². The van der Waals surface area contributed by atoms with Gasteiger partial charge in [-0.1, -0.05) is 6.07 Å². The predicted octanol–water partition coefficient (Wildman–Crippen LogP) is 3.77. The molecule has 0 fully saturated rings. The lowest BCUT2D eigenvalue weighted by Crippen LogP contribution is -2.06. The summed E-state index contributed by atoms with van der Waals surface area (Å²) in [6, 6.07) is 6.63. The number of phenolic OH excluding ortho intramolecular Hbond substituents is 1. The lowest BCUT2D eigenvalue weighted by Gasteiger charge is -2.08. The van der Waals surface area contributed by atoms with Crippen LogP contribution < -0.4 is 10.2 Å². The van der Waals surface area contributed by atoms with Crippen molar-refractivity contribution in [2.45, 2.75) is 6.18 Å². The van der Waals surface area contributed by atoms with Crippen molar-refractivity contribution < 1.29 is 27.9 Å². The van der Waals surface area contributed by atoms with Crippen LogP contribution in [0.25, 0.3) is 0 Å². The fraction of sp³-hybridized carbons (Fsp3) is 0.133. The highest BCUT2D eigenvalue weighted by molar-refractivity contribution is 5.85. The van der Waals surface area contributed by atoms with Crippen molar-refractivity contribution in [3.8, 4) is 11.5 Å². The number of ether oxygens (including phenoxy) is 1. The number of phenols is 1. The molecule has 2 N–H and O–H groups in total. The molecular weight excluding hydrogens is 343 g/mol. The van der Waals surface area contributed by atoms with Gasteiger partial charge in [0, 0.05) is 11.6 Å². The normalized spacial score (nSPS) is 11.5. The van der Waals surface area contributed by atoms with E-state index in [2.05, 4.69) is 10.5 Å². The molecule has 0 aromatic heterocycles. The van der Waals surface area contributed by atoms with E-state index in [1.54, 1.807) is 6.07 Å². The molecule has 0 unspecified atom stereocenters. The van der Waals surface area contributed by atoms with Crippen molar-refractivity contribution in [2.75, 3.05) is 12.5 Å². The van der Waals surface area contributed by atoms with Crippen molar-refractivity contribution in [3.63, 3.8) is 0 Å². The van der Waals surface area contributed by atoms with E-state index in [1.165, 1.54) is 19.2 Å². The van der Waals surface area contributed by atoms with Gasteiger partial charge in [-0.15, -0.1) is 0 Å². The topological polar surface area (TPSA) is 97.0 Å². The quantitative estimate of drug-likeness (QED) is 0.483. The van der Waals surface area contributed by atoms with Gasteiger partial charge >= 0.3 is 6.18 Å². The van der Waals surface area contributed by atoms with E-state index in [-0.39, 0.29) is 22.7 Å². The van der Waals surface area contributed by atoms with Crippen molar-refractivity contribution in [2.24, 2.45) is 5.10 Å². The predicted molar refractivity (Wildman–Crippen MR) is 84.0 cm³/mol. The Hall–Kier alpha value is -3.30. The van der Waals surface area contributed by atoms with Crippen LogP contribution in [0.15, 0.2) is 41.5 Å². The van der Waals surface area contributed by atoms with E-state index in [4.69, 9.17) is 4.74 Å². The van der Waals surface area contributed by atoms with Crippen LogP contribution in [0.3, 0.4) is 0 Å². The first kappa shape index (κ1) is 18.0. The number of anilines is 1. The minimum absolute atomic E-state index is 0.197. The number of halogens is 3. The van der Waals surface area contributed by atoms with Gasteiger partial charge < -0.3 is 9.84 Å². The summed E-state index contributed by atoms with van der Waals surface area (Å²) in [5.74, 6) is 0.00179. The van der Waals surface area contributed by atoms with E-state index < -0.39 is 22.4 Å². The summed E-state index contributed by atoms with van der Waals surface area (Å²) >= 11 is 0. The zero-order chi connectivity index (χ0) is 18.6. The smallest absolute Gasteiger partial charge is 0.416 e. The third-order valence-corrected chi connectivity index (χ3v) is 3.16. The van der Waals surface area contributed by atoms with Gasteiger partial charge in [-0.3, -0.25) is 15.5 Å². The molecule has 0 saturated carbocycles. The molecule has 2 rings (SSSR count). The monoisotopic (exact) mass is 355 g/mol. The number of aromatic hydroxyl groups is 1. The van der Waals surface area contributed by atoms with Crippen LogP contribution in [0.1, 0.15) is 11.1 Å². The number of alkyl halides is 3. The molecule has 0 atom stereocenters. The van der Waals surface area contributed by atoms with Crippen LogP contribution >= 0.6 is 0 Å². The number of para-hydroxylation sites is 1. The number of hydrogen-bond acceptors (Lipinski definition) is 6. The first-order chi connectivity index (χ1) is 11.7. The number of nitrogens with one attached hydrogen (secondary N) is 1. The number of methoxy groups -OCH3 is 1. The second-order valence-electron chi connectivity index (χ2n) is 4.75. The Labute approximate surface area is 139 Å². The lowest BCUT2D eigenvalue weighted by molar-refractivity contribution is -0.384. The van der Waals surface area contributed by atoms with E-state index in [9.17, 15) is 28.4 Å². The van der Waals surface area contributed by atoms with Crippen LogP contribution in [0.4, 0.5) is 24.5 Å². The highest BCUT2D eigenvalue weighted by Gasteiger charge is 2.33. The summed E-state index contributed by atoms with van der Waals surface area (Å²) in [5.41, 5.74) is 0.405. The van der Waals surface area contributed by atoms with Gasteiger partial charge in [-0.05, 0) is 24.3 Å². The Bertz CT molecular complexity index is 822. The maximum absolute atomic E-state index is 12.6. The molecule has 0 aliphatic heterocycles. The second kappa shape index (κ2) is 7.07. The third kappa shape index (κ3) is 4.16. The van der Waals surface area contributed by atoms with Crippen molar-refractivity contribution in [1.82, 2.24) is 0 Å². The summed E-state index contributed by atoms with van der Waals surface area (Å²) in [7, 11) is 1.36. The minimum Gasteiger partial charge on any atom is -0.504 e. The molecule has 0 saturated heterocycles. The molecule has 0 heterocycles. The SMILES string of the molecule is COc1cccc(/C=N/Nc2ccc(C(F)(F)F)cc2[N+](=O)[O-])c1O. The standard InChI is InChI=1S/C15H12F3N3O4/c1-25-13-4-2-3-9(14(13)22)8-19-20-11-6-5-10(15(16,17)18)7-12(11)21(23)24/h2-8,20,22H,1H3/b19-8+. The number of hydrogen-bond donors (Lipinski definition) is 2. The number of rotatable bonds is 5. The minimum atomic E-state index is -4.70. The molecule has 132 valence electrons. The van der Waals surface area contributed by atoms with Gasteiger partial charge in [0.2, 0.25) is 0 Å². The Morgan fingerprint density at radius 3 is 2.64 bits per heavy atom. The van der Waals surface area contributed by atoms with Gasteiger partial charge in [-0.25, -0.2) is 0 Å². The molecule has 25 heavy (non-hydrogen) atoms. The van der Waals surface area contributed by atoms with Crippen molar-refractivity contribution >= 4 is 17.6 Å². The van der Waals surface area contributed by atoms with Gasteiger partial charge in [-0.2, -0.15) is 18.3 Å². The first-order valence-electron chi connectivity index (χ1n) is 6.74. The molecule has 0 aliphatic carbocycles.